The molecular weight excluding hydrogens is 199 g/mol. The molecule has 0 aromatic heterocycles. The van der Waals surface area contributed by atoms with Crippen LogP contribution in [0.5, 0.6) is 0 Å². The molecular formula is C4H8O2Sn. The molecule has 0 heterocycles. The molecule has 2 radical (unpaired) electrons. The maximum absolute atomic E-state index is 9.51. The van der Waals surface area contributed by atoms with Crippen LogP contribution >= 0.6 is 0 Å². The summed E-state index contributed by atoms with van der Waals surface area (Å²) in [5.41, 5.74) is 0. The van der Waals surface area contributed by atoms with Crippen LogP contribution in [0.1, 0.15) is 6.92 Å². The van der Waals surface area contributed by atoms with E-state index < -0.39 is 5.97 Å². The predicted octanol–water partition coefficient (Wildman–Crippen LogP) is -0.269. The van der Waals surface area contributed by atoms with E-state index in [2.05, 4.69) is 0 Å². The van der Waals surface area contributed by atoms with Gasteiger partial charge in [0.25, 0.3) is 0 Å². The van der Waals surface area contributed by atoms with Crippen LogP contribution in [0.2, 0.25) is 0 Å². The molecule has 1 N–H and O–H groups in total. The standard InChI is InChI=1S/C4H6O2.Sn.2H/c1-2-3-4(5)6;;;/h2-3H,1H3,(H,5,6);;;. The number of aliphatic carboxylic acids is 1. The van der Waals surface area contributed by atoms with Crippen LogP contribution in [0.15, 0.2) is 12.2 Å². The van der Waals surface area contributed by atoms with Gasteiger partial charge in [-0.3, -0.25) is 0 Å². The summed E-state index contributed by atoms with van der Waals surface area (Å²) in [7, 11) is 0. The normalized spacial score (nSPS) is 8.14. The number of carboxylic acids is 1. The van der Waals surface area contributed by atoms with Crippen molar-refractivity contribution in [3.8, 4) is 0 Å². The minimum absolute atomic E-state index is 0. The third-order valence-corrected chi connectivity index (χ3v) is 0.309. The molecule has 0 saturated heterocycles. The molecule has 7 heavy (non-hydrogen) atoms. The van der Waals surface area contributed by atoms with Crippen molar-refractivity contribution in [2.24, 2.45) is 0 Å². The van der Waals surface area contributed by atoms with Crippen molar-refractivity contribution >= 4 is 29.9 Å². The first kappa shape index (κ1) is 10.1. The number of carbonyl (C=O) groups is 1. The Hall–Kier alpha value is 0.00870. The zero-order chi connectivity index (χ0) is 4.99. The van der Waals surface area contributed by atoms with Crippen LogP contribution in [0.3, 0.4) is 0 Å². The fourth-order valence-electron chi connectivity index (χ4n) is 0.143. The van der Waals surface area contributed by atoms with Gasteiger partial charge < -0.3 is 5.11 Å². The second-order valence-electron chi connectivity index (χ2n) is 0.838. The summed E-state index contributed by atoms with van der Waals surface area (Å²) in [6.07, 6.45) is 2.56. The van der Waals surface area contributed by atoms with E-state index in [0.29, 0.717) is 0 Å². The molecule has 3 heteroatoms. The first-order valence-corrected chi connectivity index (χ1v) is 1.63. The Balaban J connectivity index is 0. The average Bonchev–Trinajstić information content (AvgIpc) is 1.35. The van der Waals surface area contributed by atoms with Gasteiger partial charge in [-0.15, -0.1) is 0 Å². The number of rotatable bonds is 1. The summed E-state index contributed by atoms with van der Waals surface area (Å²) < 4.78 is 0. The molecule has 2 nitrogen and oxygen atoms in total. The van der Waals surface area contributed by atoms with Gasteiger partial charge in [-0.05, 0) is 6.92 Å². The first-order chi connectivity index (χ1) is 2.77. The molecule has 0 fully saturated rings. The topological polar surface area (TPSA) is 37.3 Å². The Morgan fingerprint density at radius 1 is 1.71 bits per heavy atom. The van der Waals surface area contributed by atoms with E-state index in [1.807, 2.05) is 0 Å². The van der Waals surface area contributed by atoms with Gasteiger partial charge in [0, 0.05) is 6.08 Å². The number of allylic oxidation sites excluding steroid dienone is 1. The Labute approximate surface area is 59.2 Å². The Kier molecular flexibility index (Phi) is 8.66. The van der Waals surface area contributed by atoms with Crippen molar-refractivity contribution < 1.29 is 9.90 Å². The second-order valence-corrected chi connectivity index (χ2v) is 0.838. The summed E-state index contributed by atoms with van der Waals surface area (Å²) in [6.45, 7) is 1.66. The first-order valence-electron chi connectivity index (χ1n) is 1.63. The van der Waals surface area contributed by atoms with Crippen LogP contribution in [0.25, 0.3) is 0 Å². The maximum atomic E-state index is 9.51. The van der Waals surface area contributed by atoms with Gasteiger partial charge in [-0.1, -0.05) is 6.08 Å². The fourth-order valence-corrected chi connectivity index (χ4v) is 0.143. The quantitative estimate of drug-likeness (QED) is 0.474. The van der Waals surface area contributed by atoms with Crippen molar-refractivity contribution in [3.63, 3.8) is 0 Å². The van der Waals surface area contributed by atoms with Crippen LogP contribution in [0.4, 0.5) is 0 Å². The Morgan fingerprint density at radius 3 is 2.14 bits per heavy atom. The van der Waals surface area contributed by atoms with E-state index in [4.69, 9.17) is 5.11 Å². The number of hydrogen-bond acceptors (Lipinski definition) is 1. The van der Waals surface area contributed by atoms with Crippen molar-refractivity contribution in [1.82, 2.24) is 0 Å². The van der Waals surface area contributed by atoms with Crippen LogP contribution in [-0.2, 0) is 4.79 Å². The van der Waals surface area contributed by atoms with Crippen molar-refractivity contribution in [1.29, 1.82) is 0 Å². The van der Waals surface area contributed by atoms with Crippen molar-refractivity contribution in [3.05, 3.63) is 12.2 Å². The molecule has 0 unspecified atom stereocenters. The molecule has 0 aliphatic carbocycles. The van der Waals surface area contributed by atoms with Crippen LogP contribution < -0.4 is 0 Å². The van der Waals surface area contributed by atoms with Crippen molar-refractivity contribution in [2.45, 2.75) is 6.92 Å². The molecule has 0 aliphatic rings. The van der Waals surface area contributed by atoms with Gasteiger partial charge in [-0.2, -0.15) is 0 Å². The van der Waals surface area contributed by atoms with Gasteiger partial charge in [0.2, 0.25) is 0 Å². The third kappa shape index (κ3) is 10.7. The van der Waals surface area contributed by atoms with E-state index in [9.17, 15) is 4.79 Å². The molecule has 0 bridgehead atoms. The number of hydrogen-bond donors (Lipinski definition) is 1. The van der Waals surface area contributed by atoms with E-state index >= 15 is 0 Å². The van der Waals surface area contributed by atoms with Crippen LogP contribution in [0, 0.1) is 0 Å². The van der Waals surface area contributed by atoms with Gasteiger partial charge in [0.05, 0.1) is 0 Å². The van der Waals surface area contributed by atoms with Gasteiger partial charge in [-0.25, -0.2) is 4.79 Å². The molecule has 40 valence electrons. The molecule has 0 aliphatic heterocycles. The minimum atomic E-state index is -0.891. The monoisotopic (exact) mass is 208 g/mol. The van der Waals surface area contributed by atoms with Gasteiger partial charge in [0.1, 0.15) is 0 Å². The molecule has 0 aromatic carbocycles. The zero-order valence-electron chi connectivity index (χ0n) is 4.22. The second kappa shape index (κ2) is 6.01. The molecule has 0 saturated carbocycles. The summed E-state index contributed by atoms with van der Waals surface area (Å²) in [6, 6.07) is 0. The zero-order valence-corrected chi connectivity index (χ0v) is 8.25. The molecule has 0 aromatic rings. The number of carboxylic acid groups (broad SMARTS) is 1. The summed E-state index contributed by atoms with van der Waals surface area (Å²) >= 11 is 0. The molecule has 0 atom stereocenters. The SMILES string of the molecule is CC=CC(=O)O.[SnH2]. The third-order valence-electron chi connectivity index (χ3n) is 0.309. The van der Waals surface area contributed by atoms with E-state index in [1.165, 1.54) is 6.08 Å². The molecule has 0 spiro atoms. The van der Waals surface area contributed by atoms with Gasteiger partial charge in [0.15, 0.2) is 0 Å². The van der Waals surface area contributed by atoms with Crippen LogP contribution in [-0.4, -0.2) is 35.0 Å². The van der Waals surface area contributed by atoms with Gasteiger partial charge >= 0.3 is 29.9 Å². The average molecular weight is 207 g/mol. The Morgan fingerprint density at radius 2 is 2.14 bits per heavy atom. The fraction of sp³-hybridized carbons (Fsp3) is 0.250. The summed E-state index contributed by atoms with van der Waals surface area (Å²) in [5.74, 6) is -0.891. The Bertz CT molecular complexity index is 77.8. The molecule has 0 amide bonds. The summed E-state index contributed by atoms with van der Waals surface area (Å²) in [5, 5.41) is 7.83. The van der Waals surface area contributed by atoms with E-state index in [-0.39, 0.29) is 23.9 Å². The summed E-state index contributed by atoms with van der Waals surface area (Å²) in [4.78, 5) is 9.51. The predicted molar refractivity (Wildman–Crippen MR) is 31.0 cm³/mol. The van der Waals surface area contributed by atoms with E-state index in [1.54, 1.807) is 6.92 Å². The van der Waals surface area contributed by atoms with E-state index in [0.717, 1.165) is 6.08 Å². The molecule has 0 rings (SSSR count). The van der Waals surface area contributed by atoms with Crippen molar-refractivity contribution in [2.75, 3.05) is 0 Å².